The zero-order valence-corrected chi connectivity index (χ0v) is 21.0. The molecule has 1 aliphatic heterocycles. The number of benzene rings is 2. The molecule has 12 heteroatoms. The Bertz CT molecular complexity index is 1330. The van der Waals surface area contributed by atoms with E-state index < -0.39 is 53.6 Å². The van der Waals surface area contributed by atoms with Crippen LogP contribution in [0.3, 0.4) is 0 Å². The fourth-order valence-electron chi connectivity index (χ4n) is 5.65. The molecule has 208 valence electrons. The second kappa shape index (κ2) is 10.2. The second-order valence-corrected chi connectivity index (χ2v) is 10.3. The first kappa shape index (κ1) is 27.0. The Hall–Kier alpha value is -3.55. The Morgan fingerprint density at radius 1 is 0.974 bits per heavy atom. The van der Waals surface area contributed by atoms with Crippen molar-refractivity contribution >= 4 is 17.5 Å². The highest BCUT2D eigenvalue weighted by Gasteiger charge is 2.53. The molecule has 5 unspecified atom stereocenters. The third kappa shape index (κ3) is 4.64. The van der Waals surface area contributed by atoms with Crippen LogP contribution in [-0.4, -0.2) is 79.4 Å². The lowest BCUT2D eigenvalue weighted by Gasteiger charge is -2.48. The fraction of sp³-hybridized carbons (Fsp3) is 0.444. The number of phenols is 1. The number of phenolic OH excluding ortho intramolecular Hbond substituents is 1. The topological polar surface area (TPSA) is 218 Å². The minimum atomic E-state index is -1.80. The number of carbonyl (C=O) groups excluding carboxylic acids is 2. The van der Waals surface area contributed by atoms with Crippen LogP contribution in [0.2, 0.25) is 0 Å². The molecule has 0 aromatic heterocycles. The number of nitrogens with zero attached hydrogens (tertiary/aromatic N) is 1. The molecule has 2 aromatic carbocycles. The van der Waals surface area contributed by atoms with Gasteiger partial charge in [0.1, 0.15) is 24.4 Å². The van der Waals surface area contributed by atoms with E-state index in [1.807, 2.05) is 0 Å². The third-order valence-corrected chi connectivity index (χ3v) is 7.70. The van der Waals surface area contributed by atoms with Crippen LogP contribution in [0.15, 0.2) is 35.3 Å². The summed E-state index contributed by atoms with van der Waals surface area (Å²) in [7, 11) is 0. The predicted molar refractivity (Wildman–Crippen MR) is 136 cm³/mol. The van der Waals surface area contributed by atoms with Gasteiger partial charge in [-0.1, -0.05) is 43.5 Å². The summed E-state index contributed by atoms with van der Waals surface area (Å²) in [6.45, 7) is -0.275. The third-order valence-electron chi connectivity index (χ3n) is 7.70. The van der Waals surface area contributed by atoms with Crippen molar-refractivity contribution in [2.24, 2.45) is 16.5 Å². The summed E-state index contributed by atoms with van der Waals surface area (Å²) in [5, 5.41) is 54.5. The number of aromatic hydroxyl groups is 1. The molecule has 0 spiro atoms. The van der Waals surface area contributed by atoms with E-state index in [-0.39, 0.29) is 46.1 Å². The molecule has 0 radical (unpaired) electrons. The molecule has 1 heterocycles. The molecule has 2 aliphatic carbocycles. The molecule has 5 rings (SSSR count). The van der Waals surface area contributed by atoms with Crippen LogP contribution in [0.4, 0.5) is 0 Å². The van der Waals surface area contributed by atoms with Crippen LogP contribution in [0, 0.1) is 0 Å². The zero-order chi connectivity index (χ0) is 28.1. The molecule has 1 saturated carbocycles. The number of ether oxygens (including phenoxy) is 2. The lowest BCUT2D eigenvalue weighted by molar-refractivity contribution is -0.308. The number of fused-ring (bicyclic) bond motifs is 2. The first-order chi connectivity index (χ1) is 18.5. The highest BCUT2D eigenvalue weighted by atomic mass is 16.7. The van der Waals surface area contributed by atoms with Gasteiger partial charge < -0.3 is 46.5 Å². The van der Waals surface area contributed by atoms with Crippen LogP contribution in [0.25, 0.3) is 0 Å². The molecule has 2 fully saturated rings. The van der Waals surface area contributed by atoms with Gasteiger partial charge in [0.05, 0.1) is 17.7 Å². The molecule has 9 N–H and O–H groups in total. The van der Waals surface area contributed by atoms with Crippen molar-refractivity contribution in [3.05, 3.63) is 58.1 Å². The summed E-state index contributed by atoms with van der Waals surface area (Å²) in [4.78, 5) is 30.5. The molecule has 3 aliphatic rings. The lowest BCUT2D eigenvalue weighted by atomic mass is 9.76. The molecule has 0 amide bonds. The monoisotopic (exact) mass is 541 g/mol. The Morgan fingerprint density at radius 3 is 2.26 bits per heavy atom. The molecule has 0 bridgehead atoms. The largest absolute Gasteiger partial charge is 0.504 e. The first-order valence-electron chi connectivity index (χ1n) is 12.7. The Balaban J connectivity index is 1.57. The van der Waals surface area contributed by atoms with Crippen LogP contribution in [-0.2, 0) is 11.3 Å². The van der Waals surface area contributed by atoms with Gasteiger partial charge >= 0.3 is 0 Å². The van der Waals surface area contributed by atoms with Crippen LogP contribution < -0.4 is 16.2 Å². The summed E-state index contributed by atoms with van der Waals surface area (Å²) in [6, 6.07) is 7.49. The SMILES string of the molecule is NC(N)=NCc1cc2c(c(O)c1OC1OC(C3(O)CCCCC3)C(O)C(O)C1O)C(=O)c1ccccc1C2=O. The maximum atomic E-state index is 13.3. The van der Waals surface area contributed by atoms with Gasteiger partial charge in [-0.3, -0.25) is 9.59 Å². The molecular weight excluding hydrogens is 510 g/mol. The molecule has 39 heavy (non-hydrogen) atoms. The zero-order valence-electron chi connectivity index (χ0n) is 21.0. The van der Waals surface area contributed by atoms with E-state index in [1.54, 1.807) is 12.1 Å². The summed E-state index contributed by atoms with van der Waals surface area (Å²) in [5.41, 5.74) is 9.45. The van der Waals surface area contributed by atoms with Crippen LogP contribution in [0.5, 0.6) is 11.5 Å². The Morgan fingerprint density at radius 2 is 1.62 bits per heavy atom. The number of hydrogen-bond donors (Lipinski definition) is 7. The van der Waals surface area contributed by atoms with Crippen molar-refractivity contribution in [3.8, 4) is 11.5 Å². The number of rotatable bonds is 5. The summed E-state index contributed by atoms with van der Waals surface area (Å²) < 4.78 is 11.7. The number of aliphatic hydroxyl groups is 4. The number of aliphatic imine (C=N–C) groups is 1. The number of guanidine groups is 1. The highest BCUT2D eigenvalue weighted by Crippen LogP contribution is 2.44. The van der Waals surface area contributed by atoms with Crippen molar-refractivity contribution in [2.45, 2.75) is 75.0 Å². The van der Waals surface area contributed by atoms with Crippen molar-refractivity contribution in [3.63, 3.8) is 0 Å². The summed E-state index contributed by atoms with van der Waals surface area (Å²) >= 11 is 0. The van der Waals surface area contributed by atoms with Gasteiger partial charge in [0.2, 0.25) is 6.29 Å². The van der Waals surface area contributed by atoms with Gasteiger partial charge in [0.15, 0.2) is 29.0 Å². The van der Waals surface area contributed by atoms with Crippen molar-refractivity contribution in [1.29, 1.82) is 0 Å². The van der Waals surface area contributed by atoms with E-state index in [1.165, 1.54) is 18.2 Å². The Kier molecular flexibility index (Phi) is 7.08. The maximum absolute atomic E-state index is 13.3. The number of carbonyl (C=O) groups is 2. The molecule has 12 nitrogen and oxygen atoms in total. The van der Waals surface area contributed by atoms with E-state index >= 15 is 0 Å². The molecular formula is C27H31N3O9. The second-order valence-electron chi connectivity index (χ2n) is 10.3. The Labute approximate surface area is 223 Å². The van der Waals surface area contributed by atoms with Crippen LogP contribution in [0.1, 0.15) is 69.5 Å². The van der Waals surface area contributed by atoms with Gasteiger partial charge in [-0.2, -0.15) is 0 Å². The molecule has 2 aromatic rings. The molecule has 5 atom stereocenters. The summed E-state index contributed by atoms with van der Waals surface area (Å²) in [6.07, 6.45) is -5.29. The van der Waals surface area contributed by atoms with Gasteiger partial charge in [-0.25, -0.2) is 4.99 Å². The highest BCUT2D eigenvalue weighted by molar-refractivity contribution is 6.29. The fourth-order valence-corrected chi connectivity index (χ4v) is 5.65. The quantitative estimate of drug-likeness (QED) is 0.166. The van der Waals surface area contributed by atoms with E-state index in [0.717, 1.165) is 6.42 Å². The first-order valence-corrected chi connectivity index (χ1v) is 12.7. The van der Waals surface area contributed by atoms with Crippen molar-refractivity contribution < 1.29 is 44.6 Å². The van der Waals surface area contributed by atoms with Gasteiger partial charge in [-0.05, 0) is 18.9 Å². The number of hydrogen-bond acceptors (Lipinski definition) is 10. The lowest BCUT2D eigenvalue weighted by Crippen LogP contribution is -2.65. The summed E-state index contributed by atoms with van der Waals surface area (Å²) in [5.74, 6) is -2.48. The van der Waals surface area contributed by atoms with Crippen molar-refractivity contribution in [2.75, 3.05) is 0 Å². The average Bonchev–Trinajstić information content (AvgIpc) is 2.92. The normalized spacial score (nSPS) is 27.8. The van der Waals surface area contributed by atoms with E-state index in [9.17, 15) is 35.1 Å². The standard InChI is InChI=1S/C27H31N3O9/c28-26(29)30-11-12-10-15-16(18(32)14-7-3-2-6-13(14)17(15)31)19(33)23(12)38-25-22(36)20(34)21(35)24(39-25)27(37)8-4-1-5-9-27/h2-3,6-7,10,20-22,24-25,33-37H,1,4-5,8-9,11H2,(H4,28,29,30). The number of aliphatic hydroxyl groups excluding tert-OH is 3. The average molecular weight is 542 g/mol. The minimum absolute atomic E-state index is 0.0840. The molecule has 1 saturated heterocycles. The van der Waals surface area contributed by atoms with Gasteiger partial charge in [-0.15, -0.1) is 0 Å². The predicted octanol–water partition coefficient (Wildman–Crippen LogP) is -0.177. The van der Waals surface area contributed by atoms with E-state index in [2.05, 4.69) is 4.99 Å². The van der Waals surface area contributed by atoms with Crippen molar-refractivity contribution in [1.82, 2.24) is 0 Å². The van der Waals surface area contributed by atoms with Gasteiger partial charge in [0.25, 0.3) is 0 Å². The number of nitrogens with two attached hydrogens (primary N) is 2. The number of ketones is 2. The van der Waals surface area contributed by atoms with Crippen LogP contribution >= 0.6 is 0 Å². The maximum Gasteiger partial charge on any atom is 0.229 e. The minimum Gasteiger partial charge on any atom is -0.504 e. The van der Waals surface area contributed by atoms with E-state index in [4.69, 9.17) is 20.9 Å². The smallest absolute Gasteiger partial charge is 0.229 e. The van der Waals surface area contributed by atoms with E-state index in [0.29, 0.717) is 25.7 Å². The van der Waals surface area contributed by atoms with Gasteiger partial charge in [0, 0.05) is 22.3 Å².